The lowest BCUT2D eigenvalue weighted by molar-refractivity contribution is -0.384. The molecule has 204 valence electrons. The number of hydrogen-bond acceptors (Lipinski definition) is 8. The lowest BCUT2D eigenvalue weighted by Gasteiger charge is -2.26. The highest BCUT2D eigenvalue weighted by molar-refractivity contribution is 6.39. The molecule has 0 saturated carbocycles. The normalized spacial score (nSPS) is 14.2. The second kappa shape index (κ2) is 11.1. The number of nitro groups is 1. The number of benzene rings is 4. The Morgan fingerprint density at radius 1 is 0.951 bits per heavy atom. The second-order valence-corrected chi connectivity index (χ2v) is 8.91. The van der Waals surface area contributed by atoms with Gasteiger partial charge in [0.1, 0.15) is 17.9 Å². The van der Waals surface area contributed by atoms with Crippen molar-refractivity contribution in [1.29, 1.82) is 0 Å². The Labute approximate surface area is 232 Å². The summed E-state index contributed by atoms with van der Waals surface area (Å²) in [5.41, 5.74) is 1.11. The number of barbiturate groups is 1. The Balaban J connectivity index is 1.52. The fraction of sp³-hybridized carbons (Fsp3) is 0.0667. The third-order valence-corrected chi connectivity index (χ3v) is 6.41. The SMILES string of the molecule is COC(=O)c1ccc(N2C(=O)NC(=O)/C(=C\c3c(OCc4ccc([N+](=O)[O-])cc4)ccc4ccccc34)C2=O)cc1. The van der Waals surface area contributed by atoms with E-state index in [1.54, 1.807) is 30.3 Å². The molecule has 4 amide bonds. The van der Waals surface area contributed by atoms with E-state index in [2.05, 4.69) is 10.1 Å². The van der Waals surface area contributed by atoms with Gasteiger partial charge in [0.15, 0.2) is 0 Å². The minimum absolute atomic E-state index is 0.0502. The number of nitrogens with zero attached hydrogens (tertiary/aromatic N) is 2. The molecule has 0 bridgehead atoms. The van der Waals surface area contributed by atoms with Gasteiger partial charge in [-0.2, -0.15) is 0 Å². The number of anilines is 1. The molecule has 1 aliphatic heterocycles. The number of nitrogens with one attached hydrogen (secondary N) is 1. The Hall–Kier alpha value is -5.84. The molecule has 1 saturated heterocycles. The van der Waals surface area contributed by atoms with Crippen LogP contribution in [-0.4, -0.2) is 35.8 Å². The molecule has 11 nitrogen and oxygen atoms in total. The number of carbonyl (C=O) groups is 4. The van der Waals surface area contributed by atoms with Crippen LogP contribution in [0.15, 0.2) is 90.5 Å². The summed E-state index contributed by atoms with van der Waals surface area (Å²) in [6.45, 7) is 0.0593. The Morgan fingerprint density at radius 2 is 1.66 bits per heavy atom. The molecule has 0 aromatic heterocycles. The minimum atomic E-state index is -0.935. The van der Waals surface area contributed by atoms with Gasteiger partial charge in [0.25, 0.3) is 17.5 Å². The van der Waals surface area contributed by atoms with E-state index >= 15 is 0 Å². The van der Waals surface area contributed by atoms with Crippen LogP contribution in [0.2, 0.25) is 0 Å². The van der Waals surface area contributed by atoms with Crippen molar-refractivity contribution in [3.63, 3.8) is 0 Å². The van der Waals surface area contributed by atoms with Gasteiger partial charge >= 0.3 is 12.0 Å². The molecule has 0 spiro atoms. The molecule has 1 heterocycles. The number of nitro benzene ring substituents is 1. The highest BCUT2D eigenvalue weighted by atomic mass is 16.6. The van der Waals surface area contributed by atoms with Crippen molar-refractivity contribution in [3.05, 3.63) is 117 Å². The van der Waals surface area contributed by atoms with Crippen LogP contribution in [0.3, 0.4) is 0 Å². The topological polar surface area (TPSA) is 145 Å². The Bertz CT molecular complexity index is 1740. The molecule has 1 aliphatic rings. The molecule has 1 N–H and O–H groups in total. The maximum absolute atomic E-state index is 13.5. The van der Waals surface area contributed by atoms with Crippen molar-refractivity contribution >= 4 is 52.0 Å². The zero-order valence-electron chi connectivity index (χ0n) is 21.5. The molecular formula is C30H21N3O8. The van der Waals surface area contributed by atoms with Gasteiger partial charge in [-0.1, -0.05) is 30.3 Å². The molecule has 11 heteroatoms. The Morgan fingerprint density at radius 3 is 2.34 bits per heavy atom. The largest absolute Gasteiger partial charge is 0.488 e. The summed E-state index contributed by atoms with van der Waals surface area (Å²) in [5.74, 6) is -1.98. The summed E-state index contributed by atoms with van der Waals surface area (Å²) in [4.78, 5) is 62.1. The van der Waals surface area contributed by atoms with E-state index in [0.29, 0.717) is 22.3 Å². The molecule has 0 aliphatic carbocycles. The van der Waals surface area contributed by atoms with Gasteiger partial charge in [0, 0.05) is 17.7 Å². The van der Waals surface area contributed by atoms with Crippen molar-refractivity contribution in [1.82, 2.24) is 5.32 Å². The number of rotatable bonds is 7. The fourth-order valence-electron chi connectivity index (χ4n) is 4.33. The van der Waals surface area contributed by atoms with Crippen LogP contribution in [0.1, 0.15) is 21.5 Å². The van der Waals surface area contributed by atoms with Gasteiger partial charge < -0.3 is 9.47 Å². The summed E-state index contributed by atoms with van der Waals surface area (Å²) in [6, 6.07) is 21.4. The number of non-ortho nitro benzene ring substituents is 1. The minimum Gasteiger partial charge on any atom is -0.488 e. The van der Waals surface area contributed by atoms with Crippen LogP contribution in [0.5, 0.6) is 5.75 Å². The monoisotopic (exact) mass is 551 g/mol. The predicted molar refractivity (Wildman–Crippen MR) is 148 cm³/mol. The highest BCUT2D eigenvalue weighted by Crippen LogP contribution is 2.32. The van der Waals surface area contributed by atoms with Gasteiger partial charge in [0.2, 0.25) is 0 Å². The summed E-state index contributed by atoms with van der Waals surface area (Å²) in [6.07, 6.45) is 1.37. The van der Waals surface area contributed by atoms with Gasteiger partial charge in [-0.25, -0.2) is 14.5 Å². The van der Waals surface area contributed by atoms with Crippen molar-refractivity contribution in [3.8, 4) is 5.75 Å². The molecule has 41 heavy (non-hydrogen) atoms. The Kier molecular flexibility index (Phi) is 7.25. The van der Waals surface area contributed by atoms with E-state index in [4.69, 9.17) is 4.74 Å². The lowest BCUT2D eigenvalue weighted by atomic mass is 9.99. The van der Waals surface area contributed by atoms with Crippen molar-refractivity contribution in [2.24, 2.45) is 0 Å². The van der Waals surface area contributed by atoms with E-state index in [9.17, 15) is 29.3 Å². The lowest BCUT2D eigenvalue weighted by Crippen LogP contribution is -2.54. The van der Waals surface area contributed by atoms with E-state index in [1.807, 2.05) is 18.2 Å². The number of imide groups is 2. The number of esters is 1. The maximum atomic E-state index is 13.5. The van der Waals surface area contributed by atoms with Gasteiger partial charge in [-0.3, -0.25) is 25.0 Å². The molecule has 0 radical (unpaired) electrons. The molecule has 0 unspecified atom stereocenters. The number of ether oxygens (including phenoxy) is 2. The number of carbonyl (C=O) groups excluding carboxylic acids is 4. The molecule has 0 atom stereocenters. The van der Waals surface area contributed by atoms with Crippen molar-refractivity contribution in [2.75, 3.05) is 12.0 Å². The smallest absolute Gasteiger partial charge is 0.337 e. The number of urea groups is 1. The van der Waals surface area contributed by atoms with Crippen LogP contribution in [-0.2, 0) is 20.9 Å². The van der Waals surface area contributed by atoms with Crippen LogP contribution in [0, 0.1) is 10.1 Å². The highest BCUT2D eigenvalue weighted by Gasteiger charge is 2.37. The molecule has 1 fully saturated rings. The first-order valence-electron chi connectivity index (χ1n) is 12.2. The first-order chi connectivity index (χ1) is 19.8. The fourth-order valence-corrected chi connectivity index (χ4v) is 4.33. The van der Waals surface area contributed by atoms with E-state index in [-0.39, 0.29) is 29.1 Å². The number of hydrogen-bond donors (Lipinski definition) is 1. The molecule has 5 rings (SSSR count). The third kappa shape index (κ3) is 5.36. The first-order valence-corrected chi connectivity index (χ1v) is 12.2. The average molecular weight is 552 g/mol. The first kappa shape index (κ1) is 26.8. The summed E-state index contributed by atoms with van der Waals surface area (Å²) in [5, 5.41) is 14.6. The van der Waals surface area contributed by atoms with Crippen molar-refractivity contribution < 1.29 is 33.6 Å². The summed E-state index contributed by atoms with van der Waals surface area (Å²) >= 11 is 0. The van der Waals surface area contributed by atoms with Crippen LogP contribution in [0.25, 0.3) is 16.8 Å². The predicted octanol–water partition coefficient (Wildman–Crippen LogP) is 4.78. The summed E-state index contributed by atoms with van der Waals surface area (Å²) in [7, 11) is 1.23. The number of methoxy groups -OCH3 is 1. The van der Waals surface area contributed by atoms with Gasteiger partial charge in [-0.05, 0) is 64.9 Å². The van der Waals surface area contributed by atoms with Crippen LogP contribution < -0.4 is 15.0 Å². The standard InChI is InChI=1S/C30H21N3O8/c1-40-29(36)20-8-13-21(14-9-20)32-28(35)25(27(34)31-30(32)37)16-24-23-5-3-2-4-19(23)10-15-26(24)41-17-18-6-11-22(12-7-18)33(38)39/h2-16H,17H2,1H3,(H,31,34,37)/b25-16+. The summed E-state index contributed by atoms with van der Waals surface area (Å²) < 4.78 is 10.7. The van der Waals surface area contributed by atoms with E-state index in [0.717, 1.165) is 10.3 Å². The molecule has 4 aromatic rings. The van der Waals surface area contributed by atoms with E-state index < -0.39 is 28.7 Å². The van der Waals surface area contributed by atoms with E-state index in [1.165, 1.54) is 49.6 Å². The average Bonchev–Trinajstić information content (AvgIpc) is 2.98. The van der Waals surface area contributed by atoms with Gasteiger partial charge in [-0.15, -0.1) is 0 Å². The maximum Gasteiger partial charge on any atom is 0.337 e. The van der Waals surface area contributed by atoms with Crippen LogP contribution in [0.4, 0.5) is 16.2 Å². The number of amides is 4. The zero-order valence-corrected chi connectivity index (χ0v) is 21.5. The van der Waals surface area contributed by atoms with Crippen molar-refractivity contribution in [2.45, 2.75) is 6.61 Å². The number of fused-ring (bicyclic) bond motifs is 1. The molecule has 4 aromatic carbocycles. The van der Waals surface area contributed by atoms with Crippen LogP contribution >= 0.6 is 0 Å². The third-order valence-electron chi connectivity index (χ3n) is 6.41. The van der Waals surface area contributed by atoms with Gasteiger partial charge in [0.05, 0.1) is 23.3 Å². The second-order valence-electron chi connectivity index (χ2n) is 8.91. The molecular weight excluding hydrogens is 530 g/mol. The zero-order chi connectivity index (χ0) is 29.1. The quantitative estimate of drug-likeness (QED) is 0.114.